The van der Waals surface area contributed by atoms with Gasteiger partial charge in [0.05, 0.1) is 0 Å². The van der Waals surface area contributed by atoms with Crippen LogP contribution in [0.25, 0.3) is 0 Å². The molecule has 2 heteroatoms. The molecule has 0 aromatic carbocycles. The summed E-state index contributed by atoms with van der Waals surface area (Å²) in [6.07, 6.45) is 16.5. The number of piperidine rings is 1. The van der Waals surface area contributed by atoms with E-state index < -0.39 is 0 Å². The zero-order chi connectivity index (χ0) is 20.3. The molecular formula is C26H43NO. The fourth-order valence-corrected chi connectivity index (χ4v) is 6.45. The van der Waals surface area contributed by atoms with Crippen molar-refractivity contribution in [1.82, 2.24) is 5.06 Å². The second kappa shape index (κ2) is 9.30. The van der Waals surface area contributed by atoms with Crippen LogP contribution >= 0.6 is 0 Å². The van der Waals surface area contributed by atoms with E-state index >= 15 is 0 Å². The number of fused-ring (bicyclic) bond motifs is 1. The molecule has 3 fully saturated rings. The van der Waals surface area contributed by atoms with Crippen LogP contribution in [0.15, 0.2) is 35.5 Å². The molecule has 2 aliphatic carbocycles. The average Bonchev–Trinajstić information content (AvgIpc) is 2.99. The largest absolute Gasteiger partial charge is 0.314 e. The summed E-state index contributed by atoms with van der Waals surface area (Å²) in [4.78, 5) is 0. The number of rotatable bonds is 6. The van der Waals surface area contributed by atoms with E-state index in [-0.39, 0.29) is 0 Å². The zero-order valence-electron chi connectivity index (χ0n) is 18.8. The molecule has 0 bridgehead atoms. The van der Waals surface area contributed by atoms with E-state index in [4.69, 9.17) is 0 Å². The summed E-state index contributed by atoms with van der Waals surface area (Å²) in [7, 11) is 0. The van der Waals surface area contributed by atoms with Gasteiger partial charge in [0.15, 0.2) is 0 Å². The van der Waals surface area contributed by atoms with Gasteiger partial charge in [0, 0.05) is 13.1 Å². The van der Waals surface area contributed by atoms with Crippen molar-refractivity contribution >= 4 is 0 Å². The lowest BCUT2D eigenvalue weighted by atomic mass is 9.60. The van der Waals surface area contributed by atoms with Gasteiger partial charge in [-0.05, 0) is 78.8 Å². The van der Waals surface area contributed by atoms with Crippen LogP contribution in [-0.2, 0) is 0 Å². The summed E-state index contributed by atoms with van der Waals surface area (Å²) in [5.74, 6) is 3.34. The first-order valence-corrected chi connectivity index (χ1v) is 11.8. The van der Waals surface area contributed by atoms with E-state index in [0.29, 0.717) is 18.5 Å². The Morgan fingerprint density at radius 1 is 1.18 bits per heavy atom. The standard InChI is InChI=1S/C26H43NO/c1-19(2)8-6-9-21(4)24-13-14-25-22(10-7-16-26(24,25)5)11-12-23-18-27(28)17-15-20(23)3/h11-12,19,21,24-25,28H,3,6-10,13-18H2,1-2,4-5H3/b22-11+,23-12-/t21-,24-,25+,26?/m1/s1. The minimum Gasteiger partial charge on any atom is -0.314 e. The molecule has 3 rings (SSSR count). The predicted octanol–water partition coefficient (Wildman–Crippen LogP) is 7.17. The maximum absolute atomic E-state index is 9.86. The molecule has 3 aliphatic rings. The summed E-state index contributed by atoms with van der Waals surface area (Å²) < 4.78 is 0. The number of hydrogen-bond acceptors (Lipinski definition) is 2. The van der Waals surface area contributed by atoms with Crippen molar-refractivity contribution in [2.75, 3.05) is 13.1 Å². The fraction of sp³-hybridized carbons (Fsp3) is 0.769. The Morgan fingerprint density at radius 2 is 1.96 bits per heavy atom. The van der Waals surface area contributed by atoms with E-state index in [1.807, 2.05) is 0 Å². The minimum absolute atomic E-state index is 0.492. The Kier molecular flexibility index (Phi) is 7.26. The van der Waals surface area contributed by atoms with Gasteiger partial charge in [-0.2, -0.15) is 5.06 Å². The van der Waals surface area contributed by atoms with E-state index in [9.17, 15) is 5.21 Å². The van der Waals surface area contributed by atoms with Crippen molar-refractivity contribution in [2.45, 2.75) is 85.5 Å². The van der Waals surface area contributed by atoms with Gasteiger partial charge in [0.1, 0.15) is 0 Å². The number of hydrogen-bond donors (Lipinski definition) is 1. The smallest absolute Gasteiger partial charge is 0.0491 e. The molecule has 2 saturated carbocycles. The quantitative estimate of drug-likeness (QED) is 0.524. The van der Waals surface area contributed by atoms with Gasteiger partial charge in [-0.1, -0.05) is 71.3 Å². The van der Waals surface area contributed by atoms with Crippen molar-refractivity contribution in [1.29, 1.82) is 0 Å². The van der Waals surface area contributed by atoms with Crippen molar-refractivity contribution in [3.8, 4) is 0 Å². The summed E-state index contributed by atoms with van der Waals surface area (Å²) >= 11 is 0. The summed E-state index contributed by atoms with van der Waals surface area (Å²) in [5.41, 5.74) is 4.57. The van der Waals surface area contributed by atoms with Crippen LogP contribution in [-0.4, -0.2) is 23.4 Å². The van der Waals surface area contributed by atoms with Gasteiger partial charge >= 0.3 is 0 Å². The lowest BCUT2D eigenvalue weighted by Gasteiger charge is -2.44. The second-order valence-electron chi connectivity index (χ2n) is 10.6. The molecule has 0 radical (unpaired) electrons. The van der Waals surface area contributed by atoms with Gasteiger partial charge in [-0.15, -0.1) is 0 Å². The van der Waals surface area contributed by atoms with Gasteiger partial charge in [0.2, 0.25) is 0 Å². The van der Waals surface area contributed by atoms with E-state index in [1.54, 1.807) is 5.57 Å². The third-order valence-corrected chi connectivity index (χ3v) is 8.14. The van der Waals surface area contributed by atoms with Crippen LogP contribution in [0.1, 0.15) is 85.5 Å². The van der Waals surface area contributed by atoms with E-state index in [2.05, 4.69) is 46.4 Å². The predicted molar refractivity (Wildman–Crippen MR) is 119 cm³/mol. The van der Waals surface area contributed by atoms with Crippen molar-refractivity contribution < 1.29 is 5.21 Å². The molecule has 0 amide bonds. The zero-order valence-corrected chi connectivity index (χ0v) is 18.8. The first-order valence-electron chi connectivity index (χ1n) is 11.8. The van der Waals surface area contributed by atoms with Crippen LogP contribution in [0, 0.1) is 29.1 Å². The highest BCUT2D eigenvalue weighted by atomic mass is 16.5. The summed E-state index contributed by atoms with van der Waals surface area (Å²) in [6.45, 7) is 15.4. The summed E-state index contributed by atoms with van der Waals surface area (Å²) in [6, 6.07) is 0. The Balaban J connectivity index is 1.70. The molecule has 158 valence electrons. The molecular weight excluding hydrogens is 342 g/mol. The molecule has 1 N–H and O–H groups in total. The van der Waals surface area contributed by atoms with Crippen molar-refractivity contribution in [3.63, 3.8) is 0 Å². The van der Waals surface area contributed by atoms with Crippen molar-refractivity contribution in [3.05, 3.63) is 35.5 Å². The van der Waals surface area contributed by atoms with Crippen LogP contribution < -0.4 is 0 Å². The molecule has 0 aromatic rings. The van der Waals surface area contributed by atoms with E-state index in [0.717, 1.165) is 30.1 Å². The Hall–Kier alpha value is -0.860. The molecule has 0 aromatic heterocycles. The highest BCUT2D eigenvalue weighted by molar-refractivity contribution is 5.36. The highest BCUT2D eigenvalue weighted by Crippen LogP contribution is 2.59. The summed E-state index contributed by atoms with van der Waals surface area (Å²) in [5, 5.41) is 11.3. The molecule has 4 atom stereocenters. The molecule has 0 spiro atoms. The monoisotopic (exact) mass is 385 g/mol. The maximum Gasteiger partial charge on any atom is 0.0491 e. The van der Waals surface area contributed by atoms with E-state index in [1.165, 1.54) is 67.6 Å². The fourth-order valence-electron chi connectivity index (χ4n) is 6.45. The Labute approximate surface area is 173 Å². The van der Waals surface area contributed by atoms with Crippen molar-refractivity contribution in [2.24, 2.45) is 29.1 Å². The van der Waals surface area contributed by atoms with Gasteiger partial charge in [-0.25, -0.2) is 0 Å². The third-order valence-electron chi connectivity index (χ3n) is 8.14. The molecule has 2 nitrogen and oxygen atoms in total. The lowest BCUT2D eigenvalue weighted by molar-refractivity contribution is -0.0858. The maximum atomic E-state index is 9.86. The number of allylic oxidation sites excluding steroid dienone is 3. The molecule has 1 saturated heterocycles. The second-order valence-corrected chi connectivity index (χ2v) is 10.6. The van der Waals surface area contributed by atoms with Crippen LogP contribution in [0.2, 0.25) is 0 Å². The average molecular weight is 386 g/mol. The first kappa shape index (κ1) is 21.8. The highest BCUT2D eigenvalue weighted by Gasteiger charge is 2.50. The number of nitrogens with zero attached hydrogens (tertiary/aromatic N) is 1. The topological polar surface area (TPSA) is 23.5 Å². The SMILES string of the molecule is C=C1CCN(O)C/C1=C/C=C1\CCCC2(C)[C@@H]([C@H](C)CCCC(C)C)CC[C@@H]12. The minimum atomic E-state index is 0.492. The Bertz CT molecular complexity index is 616. The molecule has 1 heterocycles. The molecule has 1 unspecified atom stereocenters. The lowest BCUT2D eigenvalue weighted by Crippen LogP contribution is -2.36. The first-order chi connectivity index (χ1) is 13.3. The normalized spacial score (nSPS) is 35.7. The molecule has 28 heavy (non-hydrogen) atoms. The molecule has 1 aliphatic heterocycles. The van der Waals surface area contributed by atoms with Gasteiger partial charge < -0.3 is 5.21 Å². The van der Waals surface area contributed by atoms with Crippen LogP contribution in [0.3, 0.4) is 0 Å². The van der Waals surface area contributed by atoms with Crippen LogP contribution in [0.4, 0.5) is 0 Å². The Morgan fingerprint density at radius 3 is 2.71 bits per heavy atom. The third kappa shape index (κ3) is 4.82. The van der Waals surface area contributed by atoms with Gasteiger partial charge in [-0.3, -0.25) is 0 Å². The number of hydroxylamine groups is 2. The van der Waals surface area contributed by atoms with Crippen LogP contribution in [0.5, 0.6) is 0 Å². The van der Waals surface area contributed by atoms with Gasteiger partial charge in [0.25, 0.3) is 0 Å².